The number of rotatable bonds is 13. The molecule has 0 saturated heterocycles. The Balaban J connectivity index is 1.67. The van der Waals surface area contributed by atoms with E-state index in [1.54, 1.807) is 54.6 Å². The topological polar surface area (TPSA) is 85.2 Å². The Kier molecular flexibility index (Phi) is 10.5. The van der Waals surface area contributed by atoms with Crippen molar-refractivity contribution in [3.8, 4) is 0 Å². The summed E-state index contributed by atoms with van der Waals surface area (Å²) in [4.78, 5) is 30.2. The standard InChI is InChI=1S/C31H32F2N4O3S/c1-40-31(39)28(13-16-41-2)36-30(38)27-18-26(12-7-23(27)17-21-3-8-24(32)9-4-21)35-29(19-37-15-14-34-20-37)22-5-10-25(33)11-6-22/h3-12,14-15,18,20,28-29,35H,13,16-17,19H2,1-2H3,(H,36,38)/t28-,29?/m0/s1. The fourth-order valence-electron chi connectivity index (χ4n) is 4.45. The summed E-state index contributed by atoms with van der Waals surface area (Å²) in [6.45, 7) is 0.504. The van der Waals surface area contributed by atoms with Crippen molar-refractivity contribution in [3.63, 3.8) is 0 Å². The molecule has 0 aliphatic carbocycles. The second kappa shape index (κ2) is 14.5. The van der Waals surface area contributed by atoms with E-state index in [0.29, 0.717) is 42.0 Å². The summed E-state index contributed by atoms with van der Waals surface area (Å²) in [7, 11) is 1.29. The minimum absolute atomic E-state index is 0.270. The third-order valence-corrected chi connectivity index (χ3v) is 7.27. The lowest BCUT2D eigenvalue weighted by atomic mass is 9.97. The number of hydrogen-bond donors (Lipinski definition) is 2. The van der Waals surface area contributed by atoms with Gasteiger partial charge in [-0.1, -0.05) is 30.3 Å². The van der Waals surface area contributed by atoms with Crippen LogP contribution in [-0.4, -0.2) is 46.6 Å². The summed E-state index contributed by atoms with van der Waals surface area (Å²) in [6.07, 6.45) is 7.95. The van der Waals surface area contributed by atoms with Crippen molar-refractivity contribution >= 4 is 29.3 Å². The maximum atomic E-state index is 13.7. The molecule has 41 heavy (non-hydrogen) atoms. The van der Waals surface area contributed by atoms with Gasteiger partial charge in [-0.05, 0) is 77.9 Å². The summed E-state index contributed by atoms with van der Waals surface area (Å²) in [5.41, 5.74) is 3.42. The minimum Gasteiger partial charge on any atom is -0.467 e. The van der Waals surface area contributed by atoms with Crippen molar-refractivity contribution in [2.24, 2.45) is 0 Å². The van der Waals surface area contributed by atoms with Crippen molar-refractivity contribution in [2.45, 2.75) is 31.5 Å². The summed E-state index contributed by atoms with van der Waals surface area (Å²) >= 11 is 1.57. The van der Waals surface area contributed by atoms with Gasteiger partial charge in [-0.15, -0.1) is 0 Å². The Labute approximate surface area is 242 Å². The van der Waals surface area contributed by atoms with Gasteiger partial charge in [0.15, 0.2) is 0 Å². The normalized spacial score (nSPS) is 12.4. The molecule has 4 rings (SSSR count). The number of nitrogens with one attached hydrogen (secondary N) is 2. The van der Waals surface area contributed by atoms with E-state index in [0.717, 1.165) is 11.1 Å². The van der Waals surface area contributed by atoms with Gasteiger partial charge in [-0.3, -0.25) is 4.79 Å². The molecule has 1 heterocycles. The fourth-order valence-corrected chi connectivity index (χ4v) is 4.92. The first-order chi connectivity index (χ1) is 19.9. The molecular formula is C31H32F2N4O3S. The van der Waals surface area contributed by atoms with Crippen LogP contribution < -0.4 is 10.6 Å². The Hall–Kier alpha value is -4.18. The van der Waals surface area contributed by atoms with Crippen LogP contribution >= 0.6 is 11.8 Å². The molecule has 0 spiro atoms. The lowest BCUT2D eigenvalue weighted by Gasteiger charge is -2.23. The van der Waals surface area contributed by atoms with Crippen LogP contribution in [0, 0.1) is 11.6 Å². The Bertz CT molecular complexity index is 1430. The van der Waals surface area contributed by atoms with Crippen LogP contribution in [-0.2, 0) is 22.5 Å². The van der Waals surface area contributed by atoms with Gasteiger partial charge in [0.05, 0.1) is 19.5 Å². The third-order valence-electron chi connectivity index (χ3n) is 6.63. The fraction of sp³-hybridized carbons (Fsp3) is 0.258. The third kappa shape index (κ3) is 8.40. The second-order valence-corrected chi connectivity index (χ2v) is 10.5. The van der Waals surface area contributed by atoms with Gasteiger partial charge < -0.3 is 19.9 Å². The number of imidazole rings is 1. The van der Waals surface area contributed by atoms with Crippen LogP contribution in [0.1, 0.15) is 39.5 Å². The maximum Gasteiger partial charge on any atom is 0.328 e. The number of carbonyl (C=O) groups excluding carboxylic acids is 2. The molecule has 0 saturated carbocycles. The Morgan fingerprint density at radius 2 is 1.73 bits per heavy atom. The van der Waals surface area contributed by atoms with Crippen molar-refractivity contribution in [2.75, 3.05) is 24.4 Å². The van der Waals surface area contributed by atoms with Gasteiger partial charge in [0.2, 0.25) is 0 Å². The molecule has 10 heteroatoms. The van der Waals surface area contributed by atoms with Crippen LogP contribution in [0.3, 0.4) is 0 Å². The van der Waals surface area contributed by atoms with Gasteiger partial charge in [-0.2, -0.15) is 11.8 Å². The molecule has 2 atom stereocenters. The zero-order chi connectivity index (χ0) is 29.2. The number of amides is 1. The number of hydrogen-bond acceptors (Lipinski definition) is 6. The molecule has 3 aromatic carbocycles. The van der Waals surface area contributed by atoms with Crippen molar-refractivity contribution in [1.82, 2.24) is 14.9 Å². The number of esters is 1. The molecule has 7 nitrogen and oxygen atoms in total. The number of thioether (sulfide) groups is 1. The van der Waals surface area contributed by atoms with Crippen molar-refractivity contribution in [1.29, 1.82) is 0 Å². The predicted molar refractivity (Wildman–Crippen MR) is 157 cm³/mol. The Morgan fingerprint density at radius 3 is 2.37 bits per heavy atom. The summed E-state index contributed by atoms with van der Waals surface area (Å²) in [5.74, 6) is -0.947. The molecule has 0 aliphatic rings. The molecule has 0 radical (unpaired) electrons. The van der Waals surface area contributed by atoms with Crippen LogP contribution in [0.25, 0.3) is 0 Å². The molecule has 1 aromatic heterocycles. The van der Waals surface area contributed by atoms with E-state index >= 15 is 0 Å². The minimum atomic E-state index is -0.802. The predicted octanol–water partition coefficient (Wildman–Crippen LogP) is 5.63. The molecule has 4 aromatic rings. The number of carbonyl (C=O) groups is 2. The zero-order valence-corrected chi connectivity index (χ0v) is 23.7. The van der Waals surface area contributed by atoms with E-state index in [-0.39, 0.29) is 17.7 Å². The molecule has 1 amide bonds. The zero-order valence-electron chi connectivity index (χ0n) is 22.8. The first kappa shape index (κ1) is 29.8. The van der Waals surface area contributed by atoms with Gasteiger partial charge in [0, 0.05) is 30.2 Å². The van der Waals surface area contributed by atoms with Crippen LogP contribution in [0.5, 0.6) is 0 Å². The summed E-state index contributed by atoms with van der Waals surface area (Å²) in [6, 6.07) is 16.7. The van der Waals surface area contributed by atoms with Crippen LogP contribution in [0.4, 0.5) is 14.5 Å². The second-order valence-electron chi connectivity index (χ2n) is 9.51. The van der Waals surface area contributed by atoms with Crippen LogP contribution in [0.2, 0.25) is 0 Å². The molecule has 0 aliphatic heterocycles. The van der Waals surface area contributed by atoms with E-state index in [4.69, 9.17) is 4.74 Å². The van der Waals surface area contributed by atoms with Crippen molar-refractivity contribution in [3.05, 3.63) is 119 Å². The molecular weight excluding hydrogens is 546 g/mol. The summed E-state index contributed by atoms with van der Waals surface area (Å²) in [5, 5.41) is 6.31. The van der Waals surface area contributed by atoms with Crippen molar-refractivity contribution < 1.29 is 23.1 Å². The average Bonchev–Trinajstić information content (AvgIpc) is 3.50. The largest absolute Gasteiger partial charge is 0.467 e. The number of nitrogens with zero attached hydrogens (tertiary/aromatic N) is 2. The van der Waals surface area contributed by atoms with E-state index < -0.39 is 17.9 Å². The highest BCUT2D eigenvalue weighted by molar-refractivity contribution is 7.98. The Morgan fingerprint density at radius 1 is 1.02 bits per heavy atom. The molecule has 0 fully saturated rings. The van der Waals surface area contributed by atoms with E-state index in [1.807, 2.05) is 29.2 Å². The van der Waals surface area contributed by atoms with E-state index in [1.165, 1.54) is 31.4 Å². The number of halogens is 2. The SMILES string of the molecule is COC(=O)[C@H](CCSC)NC(=O)c1cc(NC(Cn2ccnc2)c2ccc(F)cc2)ccc1Cc1ccc(F)cc1. The van der Waals surface area contributed by atoms with Gasteiger partial charge >= 0.3 is 5.97 Å². The molecule has 214 valence electrons. The number of ether oxygens (including phenoxy) is 1. The average molecular weight is 579 g/mol. The maximum absolute atomic E-state index is 13.7. The molecule has 0 bridgehead atoms. The van der Waals surface area contributed by atoms with E-state index in [9.17, 15) is 18.4 Å². The van der Waals surface area contributed by atoms with Crippen LogP contribution in [0.15, 0.2) is 85.5 Å². The number of aromatic nitrogens is 2. The first-order valence-corrected chi connectivity index (χ1v) is 14.5. The van der Waals surface area contributed by atoms with E-state index in [2.05, 4.69) is 15.6 Å². The first-order valence-electron chi connectivity index (χ1n) is 13.1. The van der Waals surface area contributed by atoms with Gasteiger partial charge in [0.1, 0.15) is 17.7 Å². The quantitative estimate of drug-likeness (QED) is 0.200. The number of anilines is 1. The number of benzene rings is 3. The lowest BCUT2D eigenvalue weighted by molar-refractivity contribution is -0.142. The highest BCUT2D eigenvalue weighted by atomic mass is 32.2. The summed E-state index contributed by atoms with van der Waals surface area (Å²) < 4.78 is 34.0. The number of methoxy groups -OCH3 is 1. The monoisotopic (exact) mass is 578 g/mol. The van der Waals surface area contributed by atoms with Gasteiger partial charge in [0.25, 0.3) is 5.91 Å². The molecule has 2 N–H and O–H groups in total. The smallest absolute Gasteiger partial charge is 0.328 e. The lowest BCUT2D eigenvalue weighted by Crippen LogP contribution is -2.42. The highest BCUT2D eigenvalue weighted by Crippen LogP contribution is 2.26. The molecule has 1 unspecified atom stereocenters. The highest BCUT2D eigenvalue weighted by Gasteiger charge is 2.24. The van der Waals surface area contributed by atoms with Gasteiger partial charge in [-0.25, -0.2) is 18.6 Å².